The highest BCUT2D eigenvalue weighted by Gasteiger charge is 1.98. The van der Waals surface area contributed by atoms with Crippen LogP contribution in [-0.2, 0) is 4.79 Å². The van der Waals surface area contributed by atoms with Gasteiger partial charge in [0.1, 0.15) is 0 Å². The first kappa shape index (κ1) is 9.52. The summed E-state index contributed by atoms with van der Waals surface area (Å²) in [6.45, 7) is 1.47. The number of nitrogens with zero attached hydrogens (tertiary/aromatic N) is 2. The van der Waals surface area contributed by atoms with Gasteiger partial charge in [0, 0.05) is 18.5 Å². The van der Waals surface area contributed by atoms with Crippen molar-refractivity contribution in [3.8, 4) is 0 Å². The Morgan fingerprint density at radius 1 is 1.33 bits per heavy atom. The van der Waals surface area contributed by atoms with Crippen LogP contribution in [0.2, 0.25) is 0 Å². The summed E-state index contributed by atoms with van der Waals surface area (Å²) in [5.41, 5.74) is 1.54. The van der Waals surface area contributed by atoms with E-state index in [1.165, 1.54) is 13.1 Å². The molecule has 0 saturated carbocycles. The number of carbonyl (C=O) groups is 1. The first-order chi connectivity index (χ1) is 7.27. The molecule has 3 nitrogen and oxygen atoms in total. The van der Waals surface area contributed by atoms with E-state index in [0.717, 1.165) is 16.6 Å². The minimum Gasteiger partial charge on any atom is -0.293 e. The fourth-order valence-electron chi connectivity index (χ4n) is 1.35. The van der Waals surface area contributed by atoms with Crippen LogP contribution in [0.15, 0.2) is 41.5 Å². The van der Waals surface area contributed by atoms with Gasteiger partial charge in [0.25, 0.3) is 0 Å². The molecule has 74 valence electrons. The summed E-state index contributed by atoms with van der Waals surface area (Å²) < 4.78 is 0. The molecule has 0 amide bonds. The summed E-state index contributed by atoms with van der Waals surface area (Å²) in [4.78, 5) is 19.1. The lowest BCUT2D eigenvalue weighted by molar-refractivity contribution is -0.110. The van der Waals surface area contributed by atoms with E-state index < -0.39 is 0 Å². The molecule has 1 heterocycles. The number of benzene rings is 1. The van der Waals surface area contributed by atoms with Crippen LogP contribution in [0.4, 0.5) is 5.69 Å². The Morgan fingerprint density at radius 2 is 2.13 bits per heavy atom. The average Bonchev–Trinajstić information content (AvgIpc) is 2.26. The number of rotatable bonds is 2. The van der Waals surface area contributed by atoms with Crippen molar-refractivity contribution in [3.63, 3.8) is 0 Å². The number of hydrogen-bond donors (Lipinski definition) is 0. The summed E-state index contributed by atoms with van der Waals surface area (Å²) in [6, 6.07) is 9.55. The van der Waals surface area contributed by atoms with Crippen molar-refractivity contribution in [2.75, 3.05) is 0 Å². The third-order valence-electron chi connectivity index (χ3n) is 2.00. The van der Waals surface area contributed by atoms with Crippen molar-refractivity contribution < 1.29 is 4.79 Å². The monoisotopic (exact) mass is 198 g/mol. The highest BCUT2D eigenvalue weighted by molar-refractivity contribution is 6.27. The first-order valence-electron chi connectivity index (χ1n) is 4.66. The lowest BCUT2D eigenvalue weighted by atomic mass is 10.2. The Kier molecular flexibility index (Phi) is 2.54. The molecule has 3 heteroatoms. The lowest BCUT2D eigenvalue weighted by Gasteiger charge is -1.99. The van der Waals surface area contributed by atoms with Gasteiger partial charge in [-0.1, -0.05) is 18.2 Å². The van der Waals surface area contributed by atoms with E-state index >= 15 is 0 Å². The Bertz CT molecular complexity index is 527. The van der Waals surface area contributed by atoms with Crippen LogP contribution in [0.25, 0.3) is 10.9 Å². The van der Waals surface area contributed by atoms with E-state index in [1.54, 1.807) is 6.20 Å². The highest BCUT2D eigenvalue weighted by atomic mass is 16.1. The number of ketones is 1. The Balaban J connectivity index is 2.56. The van der Waals surface area contributed by atoms with Gasteiger partial charge in [0.05, 0.1) is 17.4 Å². The van der Waals surface area contributed by atoms with Crippen molar-refractivity contribution in [2.24, 2.45) is 4.99 Å². The molecule has 1 aromatic heterocycles. The van der Waals surface area contributed by atoms with Gasteiger partial charge < -0.3 is 0 Å². The SMILES string of the molecule is CC(=O)/C=N/c1cccc2cccnc12. The zero-order valence-corrected chi connectivity index (χ0v) is 8.34. The Labute approximate surface area is 87.5 Å². The van der Waals surface area contributed by atoms with Gasteiger partial charge in [-0.15, -0.1) is 0 Å². The minimum absolute atomic E-state index is 0.0667. The van der Waals surface area contributed by atoms with E-state index in [0.29, 0.717) is 0 Å². The number of hydrogen-bond acceptors (Lipinski definition) is 3. The lowest BCUT2D eigenvalue weighted by Crippen LogP contribution is -1.88. The van der Waals surface area contributed by atoms with Crippen LogP contribution >= 0.6 is 0 Å². The molecule has 0 radical (unpaired) electrons. The number of aliphatic imine (C=N–C) groups is 1. The maximum Gasteiger partial charge on any atom is 0.170 e. The predicted octanol–water partition coefficient (Wildman–Crippen LogP) is 2.53. The predicted molar refractivity (Wildman–Crippen MR) is 60.6 cm³/mol. The smallest absolute Gasteiger partial charge is 0.170 e. The third kappa shape index (κ3) is 2.07. The fourth-order valence-corrected chi connectivity index (χ4v) is 1.35. The molecule has 0 aliphatic carbocycles. The van der Waals surface area contributed by atoms with Crippen LogP contribution < -0.4 is 0 Å². The molecule has 0 aliphatic heterocycles. The molecule has 0 spiro atoms. The average molecular weight is 198 g/mol. The van der Waals surface area contributed by atoms with Gasteiger partial charge in [-0.05, 0) is 12.1 Å². The Morgan fingerprint density at radius 3 is 2.93 bits per heavy atom. The summed E-state index contributed by atoms with van der Waals surface area (Å²) in [6.07, 6.45) is 3.03. The number of fused-ring (bicyclic) bond motifs is 1. The number of para-hydroxylation sites is 1. The molecule has 2 rings (SSSR count). The van der Waals surface area contributed by atoms with Crippen molar-refractivity contribution in [1.29, 1.82) is 0 Å². The molecule has 0 N–H and O–H groups in total. The topological polar surface area (TPSA) is 42.3 Å². The third-order valence-corrected chi connectivity index (χ3v) is 2.00. The summed E-state index contributed by atoms with van der Waals surface area (Å²) in [7, 11) is 0. The van der Waals surface area contributed by atoms with E-state index in [-0.39, 0.29) is 5.78 Å². The zero-order chi connectivity index (χ0) is 10.7. The highest BCUT2D eigenvalue weighted by Crippen LogP contribution is 2.22. The van der Waals surface area contributed by atoms with Gasteiger partial charge >= 0.3 is 0 Å². The van der Waals surface area contributed by atoms with Crippen molar-refractivity contribution >= 4 is 28.6 Å². The molecular formula is C12H10N2O. The standard InChI is InChI=1S/C12H10N2O/c1-9(15)8-14-11-6-2-4-10-5-3-7-13-12(10)11/h2-8H,1H3/b14-8+. The summed E-state index contributed by atoms with van der Waals surface area (Å²) in [5, 5.41) is 1.02. The molecule has 2 aromatic rings. The van der Waals surface area contributed by atoms with Crippen molar-refractivity contribution in [2.45, 2.75) is 6.92 Å². The van der Waals surface area contributed by atoms with E-state index in [1.807, 2.05) is 30.3 Å². The van der Waals surface area contributed by atoms with E-state index in [2.05, 4.69) is 9.98 Å². The van der Waals surface area contributed by atoms with Crippen molar-refractivity contribution in [3.05, 3.63) is 36.5 Å². The molecular weight excluding hydrogens is 188 g/mol. The van der Waals surface area contributed by atoms with Gasteiger partial charge in [0.15, 0.2) is 5.78 Å². The molecule has 0 atom stereocenters. The normalized spacial score (nSPS) is 11.0. The number of aromatic nitrogens is 1. The molecule has 0 unspecified atom stereocenters. The van der Waals surface area contributed by atoms with E-state index in [9.17, 15) is 4.79 Å². The number of Topliss-reactive ketones (excluding diaryl/α,β-unsaturated/α-hetero) is 1. The molecule has 0 bridgehead atoms. The van der Waals surface area contributed by atoms with Crippen LogP contribution in [-0.4, -0.2) is 17.0 Å². The van der Waals surface area contributed by atoms with Crippen molar-refractivity contribution in [1.82, 2.24) is 4.98 Å². The summed E-state index contributed by atoms with van der Waals surface area (Å²) in [5.74, 6) is -0.0667. The molecule has 0 saturated heterocycles. The summed E-state index contributed by atoms with van der Waals surface area (Å²) >= 11 is 0. The number of pyridine rings is 1. The number of carbonyl (C=O) groups excluding carboxylic acids is 1. The van der Waals surface area contributed by atoms with Crippen LogP contribution in [0, 0.1) is 0 Å². The Hall–Kier alpha value is -2.03. The van der Waals surface area contributed by atoms with Crippen LogP contribution in [0.1, 0.15) is 6.92 Å². The van der Waals surface area contributed by atoms with Gasteiger partial charge in [-0.25, -0.2) is 0 Å². The fraction of sp³-hybridized carbons (Fsp3) is 0.0833. The quantitative estimate of drug-likeness (QED) is 0.696. The molecule has 0 aliphatic rings. The maximum absolute atomic E-state index is 10.8. The second kappa shape index (κ2) is 4.00. The van der Waals surface area contributed by atoms with Gasteiger partial charge in [-0.2, -0.15) is 0 Å². The van der Waals surface area contributed by atoms with Gasteiger partial charge in [0.2, 0.25) is 0 Å². The molecule has 0 fully saturated rings. The van der Waals surface area contributed by atoms with Crippen LogP contribution in [0.3, 0.4) is 0 Å². The first-order valence-corrected chi connectivity index (χ1v) is 4.66. The maximum atomic E-state index is 10.8. The second-order valence-corrected chi connectivity index (χ2v) is 3.22. The molecule has 1 aromatic carbocycles. The second-order valence-electron chi connectivity index (χ2n) is 3.22. The minimum atomic E-state index is -0.0667. The largest absolute Gasteiger partial charge is 0.293 e. The van der Waals surface area contributed by atoms with Crippen LogP contribution in [0.5, 0.6) is 0 Å². The van der Waals surface area contributed by atoms with E-state index in [4.69, 9.17) is 0 Å². The molecule has 15 heavy (non-hydrogen) atoms. The van der Waals surface area contributed by atoms with Gasteiger partial charge in [-0.3, -0.25) is 14.8 Å². The zero-order valence-electron chi connectivity index (χ0n) is 8.34.